The number of carbonyl (C=O) groups is 1. The van der Waals surface area contributed by atoms with E-state index in [2.05, 4.69) is 20.5 Å². The summed E-state index contributed by atoms with van der Waals surface area (Å²) in [5.74, 6) is 0.476. The molecule has 0 saturated carbocycles. The molecule has 3 heterocycles. The fourth-order valence-electron chi connectivity index (χ4n) is 3.68. The van der Waals surface area contributed by atoms with Gasteiger partial charge in [-0.3, -0.25) is 9.78 Å². The van der Waals surface area contributed by atoms with Crippen molar-refractivity contribution in [2.75, 3.05) is 5.32 Å². The maximum Gasteiger partial charge on any atom is 0.255 e. The van der Waals surface area contributed by atoms with E-state index in [-0.39, 0.29) is 5.91 Å². The quantitative estimate of drug-likeness (QED) is 0.455. The first kappa shape index (κ1) is 19.6. The average Bonchev–Trinajstić information content (AvgIpc) is 3.22. The van der Waals surface area contributed by atoms with Gasteiger partial charge in [-0.1, -0.05) is 29.3 Å². The number of hydrogen-bond donors (Lipinski definition) is 1. The average molecular weight is 420 g/mol. The highest BCUT2D eigenvalue weighted by Crippen LogP contribution is 2.23. The molecule has 0 bridgehead atoms. The van der Waals surface area contributed by atoms with Gasteiger partial charge >= 0.3 is 0 Å². The van der Waals surface area contributed by atoms with Crippen molar-refractivity contribution in [3.8, 4) is 22.6 Å². The number of fused-ring (bicyclic) bond motifs is 1. The number of amides is 1. The van der Waals surface area contributed by atoms with E-state index in [0.29, 0.717) is 22.7 Å². The molecule has 5 rings (SSSR count). The normalized spacial score (nSPS) is 10.9. The van der Waals surface area contributed by atoms with Crippen LogP contribution in [0.4, 0.5) is 5.69 Å². The number of carbonyl (C=O) groups excluding carboxylic acids is 1. The minimum Gasteiger partial charge on any atom is -0.322 e. The van der Waals surface area contributed by atoms with Gasteiger partial charge in [0, 0.05) is 34.8 Å². The van der Waals surface area contributed by atoms with Gasteiger partial charge in [0.25, 0.3) is 5.91 Å². The number of nitrogens with one attached hydrogen (secondary N) is 1. The summed E-state index contributed by atoms with van der Waals surface area (Å²) >= 11 is 0. The lowest BCUT2D eigenvalue weighted by atomic mass is 10.1. The second kappa shape index (κ2) is 8.03. The summed E-state index contributed by atoms with van der Waals surface area (Å²) < 4.78 is 1.70. The van der Waals surface area contributed by atoms with Gasteiger partial charge in [-0.15, -0.1) is 10.2 Å². The van der Waals surface area contributed by atoms with Crippen LogP contribution in [-0.2, 0) is 0 Å². The third-order valence-electron chi connectivity index (χ3n) is 5.08. The Labute approximate surface area is 184 Å². The van der Waals surface area contributed by atoms with Crippen LogP contribution in [0.25, 0.3) is 28.3 Å². The lowest BCUT2D eigenvalue weighted by Crippen LogP contribution is -2.12. The number of anilines is 1. The smallest absolute Gasteiger partial charge is 0.255 e. The number of hydrogen-bond acceptors (Lipinski definition) is 5. The minimum atomic E-state index is -0.143. The molecule has 156 valence electrons. The second-order valence-corrected chi connectivity index (χ2v) is 7.67. The molecule has 0 fully saturated rings. The van der Waals surface area contributed by atoms with Gasteiger partial charge in [-0.2, -0.15) is 9.61 Å². The number of nitrogens with zero attached hydrogens (tertiary/aromatic N) is 5. The molecule has 5 aromatic rings. The first-order chi connectivity index (χ1) is 15.6. The molecule has 0 radical (unpaired) electrons. The van der Waals surface area contributed by atoms with Crippen molar-refractivity contribution in [3.63, 3.8) is 0 Å². The summed E-state index contributed by atoms with van der Waals surface area (Å²) in [6.07, 6.45) is 3.44. The first-order valence-corrected chi connectivity index (χ1v) is 10.2. The number of aryl methyl sites for hydroxylation is 2. The van der Waals surface area contributed by atoms with Crippen LogP contribution >= 0.6 is 0 Å². The molecular weight excluding hydrogens is 400 g/mol. The van der Waals surface area contributed by atoms with Crippen LogP contribution in [0.2, 0.25) is 0 Å². The molecule has 7 nitrogen and oxygen atoms in total. The lowest BCUT2D eigenvalue weighted by molar-refractivity contribution is 0.102. The summed E-state index contributed by atoms with van der Waals surface area (Å²) in [6, 6.07) is 21.0. The predicted octanol–water partition coefficient (Wildman–Crippen LogP) is 4.72. The Morgan fingerprint density at radius 1 is 0.875 bits per heavy atom. The fraction of sp³-hybridized carbons (Fsp3) is 0.0800. The van der Waals surface area contributed by atoms with E-state index in [4.69, 9.17) is 5.10 Å². The molecule has 0 aliphatic rings. The van der Waals surface area contributed by atoms with Crippen LogP contribution in [0.1, 0.15) is 21.5 Å². The van der Waals surface area contributed by atoms with Gasteiger partial charge in [0.15, 0.2) is 11.5 Å². The molecule has 0 aliphatic carbocycles. The fourth-order valence-corrected chi connectivity index (χ4v) is 3.68. The second-order valence-electron chi connectivity index (χ2n) is 7.67. The molecule has 0 aliphatic heterocycles. The Hall–Kier alpha value is -4.39. The molecule has 2 aromatic carbocycles. The molecule has 32 heavy (non-hydrogen) atoms. The number of pyridine rings is 1. The van der Waals surface area contributed by atoms with Crippen LogP contribution in [0.15, 0.2) is 79.1 Å². The van der Waals surface area contributed by atoms with E-state index in [1.165, 1.54) is 0 Å². The maximum atomic E-state index is 12.8. The number of benzene rings is 2. The van der Waals surface area contributed by atoms with Crippen LogP contribution < -0.4 is 5.32 Å². The van der Waals surface area contributed by atoms with Gasteiger partial charge in [0.05, 0.1) is 5.69 Å². The van der Waals surface area contributed by atoms with Crippen molar-refractivity contribution in [2.45, 2.75) is 13.8 Å². The molecule has 0 spiro atoms. The number of rotatable bonds is 4. The van der Waals surface area contributed by atoms with Gasteiger partial charge in [-0.05, 0) is 62.4 Å². The molecule has 0 atom stereocenters. The Kier molecular flexibility index (Phi) is 4.91. The summed E-state index contributed by atoms with van der Waals surface area (Å²) in [4.78, 5) is 16.9. The molecule has 1 N–H and O–H groups in total. The molecule has 0 saturated heterocycles. The zero-order valence-electron chi connectivity index (χ0n) is 17.6. The summed E-state index contributed by atoms with van der Waals surface area (Å²) in [6.45, 7) is 3.97. The van der Waals surface area contributed by atoms with E-state index in [9.17, 15) is 4.79 Å². The zero-order chi connectivity index (χ0) is 22.1. The van der Waals surface area contributed by atoms with E-state index in [0.717, 1.165) is 27.9 Å². The largest absolute Gasteiger partial charge is 0.322 e. The Morgan fingerprint density at radius 2 is 1.69 bits per heavy atom. The third-order valence-corrected chi connectivity index (χ3v) is 5.08. The standard InChI is InChI=1S/C25H20N6O/c1-16-11-17(2)13-20(12-16)25(32)27-21-7-3-5-18(14-21)22-8-9-23-28-29-24(31(23)30-22)19-6-4-10-26-15-19/h3-15H,1-2H3,(H,27,32). The van der Waals surface area contributed by atoms with Crippen LogP contribution in [0, 0.1) is 13.8 Å². The SMILES string of the molecule is Cc1cc(C)cc(C(=O)Nc2cccc(-c3ccc4nnc(-c5cccnc5)n4n3)c2)c1. The van der Waals surface area contributed by atoms with Crippen molar-refractivity contribution in [2.24, 2.45) is 0 Å². The summed E-state index contributed by atoms with van der Waals surface area (Å²) in [7, 11) is 0. The predicted molar refractivity (Wildman–Crippen MR) is 123 cm³/mol. The Morgan fingerprint density at radius 3 is 2.47 bits per heavy atom. The van der Waals surface area contributed by atoms with Crippen molar-refractivity contribution >= 4 is 17.2 Å². The monoisotopic (exact) mass is 420 g/mol. The maximum absolute atomic E-state index is 12.8. The van der Waals surface area contributed by atoms with Crippen molar-refractivity contribution in [1.29, 1.82) is 0 Å². The highest BCUT2D eigenvalue weighted by Gasteiger charge is 2.12. The molecule has 7 heteroatoms. The van der Waals surface area contributed by atoms with Crippen LogP contribution in [0.3, 0.4) is 0 Å². The van der Waals surface area contributed by atoms with E-state index in [1.54, 1.807) is 16.9 Å². The highest BCUT2D eigenvalue weighted by atomic mass is 16.1. The molecule has 0 unspecified atom stereocenters. The zero-order valence-corrected chi connectivity index (χ0v) is 17.6. The lowest BCUT2D eigenvalue weighted by Gasteiger charge is -2.09. The van der Waals surface area contributed by atoms with E-state index in [1.807, 2.05) is 80.6 Å². The summed E-state index contributed by atoms with van der Waals surface area (Å²) in [5, 5.41) is 16.2. The van der Waals surface area contributed by atoms with Gasteiger partial charge in [0.2, 0.25) is 0 Å². The number of aromatic nitrogens is 5. The van der Waals surface area contributed by atoms with Crippen LogP contribution in [0.5, 0.6) is 0 Å². The third kappa shape index (κ3) is 3.83. The molecular formula is C25H20N6O. The Balaban J connectivity index is 1.47. The first-order valence-electron chi connectivity index (χ1n) is 10.2. The van der Waals surface area contributed by atoms with E-state index < -0.39 is 0 Å². The van der Waals surface area contributed by atoms with Crippen LogP contribution in [-0.4, -0.2) is 30.7 Å². The van der Waals surface area contributed by atoms with Gasteiger partial charge in [-0.25, -0.2) is 0 Å². The highest BCUT2D eigenvalue weighted by molar-refractivity contribution is 6.04. The van der Waals surface area contributed by atoms with Crippen molar-refractivity contribution in [3.05, 3.63) is 95.8 Å². The molecule has 3 aromatic heterocycles. The van der Waals surface area contributed by atoms with Crippen molar-refractivity contribution in [1.82, 2.24) is 24.8 Å². The van der Waals surface area contributed by atoms with Gasteiger partial charge < -0.3 is 5.32 Å². The van der Waals surface area contributed by atoms with Crippen molar-refractivity contribution < 1.29 is 4.79 Å². The topological polar surface area (TPSA) is 85.1 Å². The Bertz CT molecular complexity index is 1420. The minimum absolute atomic E-state index is 0.143. The van der Waals surface area contributed by atoms with Gasteiger partial charge in [0.1, 0.15) is 0 Å². The molecule has 1 amide bonds. The summed E-state index contributed by atoms with van der Waals surface area (Å²) in [5.41, 5.74) is 6.54. The van der Waals surface area contributed by atoms with E-state index >= 15 is 0 Å².